The molecule has 0 aromatic carbocycles. The zero-order chi connectivity index (χ0) is 29.3. The second-order valence-electron chi connectivity index (χ2n) is 9.99. The first-order valence-electron chi connectivity index (χ1n) is 13.7. The van der Waals surface area contributed by atoms with E-state index in [1.54, 1.807) is 0 Å². The first kappa shape index (κ1) is 31.8. The number of ether oxygens (including phenoxy) is 1. The number of carboxylic acids is 1. The molecule has 1 aliphatic heterocycles. The van der Waals surface area contributed by atoms with E-state index < -0.39 is 48.5 Å². The van der Waals surface area contributed by atoms with Crippen molar-refractivity contribution in [3.8, 4) is 0 Å². The van der Waals surface area contributed by atoms with Gasteiger partial charge in [-0.25, -0.2) is 9.59 Å². The number of aliphatic hydroxyl groups excluding tert-OH is 2. The number of aryl methyl sites for hydroxylation is 1. The molecule has 4 N–H and O–H groups in total. The van der Waals surface area contributed by atoms with E-state index in [1.165, 1.54) is 44.6 Å². The van der Waals surface area contributed by atoms with Crippen LogP contribution in [0.15, 0.2) is 23.1 Å². The highest BCUT2D eigenvalue weighted by molar-refractivity contribution is 7.16. The number of amides is 1. The van der Waals surface area contributed by atoms with E-state index in [1.807, 2.05) is 0 Å². The largest absolute Gasteiger partial charge is 0.477 e. The SMILES string of the molecule is CCCCCCCCCCCCc1cc(C(=O)Nc2ccn([C@@H]3O[C@H](CO)[C@@H](O)C3(F)F)c(=O)n2)sc1C(=O)O. The van der Waals surface area contributed by atoms with Crippen molar-refractivity contribution >= 4 is 29.0 Å². The number of unbranched alkanes of at least 4 members (excludes halogenated alkanes) is 9. The van der Waals surface area contributed by atoms with E-state index in [0.717, 1.165) is 49.3 Å². The average Bonchev–Trinajstić information content (AvgIpc) is 3.44. The third kappa shape index (κ3) is 7.93. The summed E-state index contributed by atoms with van der Waals surface area (Å²) in [7, 11) is 0. The predicted molar refractivity (Wildman–Crippen MR) is 145 cm³/mol. The van der Waals surface area contributed by atoms with E-state index in [4.69, 9.17) is 9.84 Å². The second kappa shape index (κ2) is 14.8. The molecule has 1 saturated heterocycles. The molecule has 0 spiro atoms. The van der Waals surface area contributed by atoms with Crippen LogP contribution in [-0.2, 0) is 11.2 Å². The van der Waals surface area contributed by atoms with E-state index in [0.29, 0.717) is 16.6 Å². The van der Waals surface area contributed by atoms with Crippen LogP contribution in [0.3, 0.4) is 0 Å². The molecule has 3 heterocycles. The van der Waals surface area contributed by atoms with Gasteiger partial charge in [0.25, 0.3) is 5.91 Å². The van der Waals surface area contributed by atoms with Gasteiger partial charge in [0.05, 0.1) is 11.5 Å². The van der Waals surface area contributed by atoms with Gasteiger partial charge in [-0.3, -0.25) is 9.36 Å². The molecule has 2 aromatic rings. The smallest absolute Gasteiger partial charge is 0.351 e. The van der Waals surface area contributed by atoms with Crippen molar-refractivity contribution in [2.75, 3.05) is 11.9 Å². The quantitative estimate of drug-likeness (QED) is 0.209. The molecular weight excluding hydrogens is 548 g/mol. The molecule has 0 bridgehead atoms. The van der Waals surface area contributed by atoms with Gasteiger partial charge < -0.3 is 25.4 Å². The number of anilines is 1. The number of halogens is 2. The third-order valence-corrected chi connectivity index (χ3v) is 8.07. The summed E-state index contributed by atoms with van der Waals surface area (Å²) < 4.78 is 34.1. The lowest BCUT2D eigenvalue weighted by Gasteiger charge is -2.21. The molecule has 2 aromatic heterocycles. The van der Waals surface area contributed by atoms with Crippen LogP contribution in [0.5, 0.6) is 0 Å². The first-order chi connectivity index (χ1) is 19.1. The Morgan fingerprint density at radius 2 is 1.75 bits per heavy atom. The minimum Gasteiger partial charge on any atom is -0.477 e. The van der Waals surface area contributed by atoms with E-state index in [9.17, 15) is 33.4 Å². The number of carboxylic acid groups (broad SMARTS) is 1. The molecule has 3 atom stereocenters. The van der Waals surface area contributed by atoms with Crippen molar-refractivity contribution in [2.24, 2.45) is 0 Å². The average molecular weight is 586 g/mol. The molecule has 13 heteroatoms. The molecule has 0 radical (unpaired) electrons. The maximum atomic E-state index is 14.4. The standard InChI is InChI=1S/C27H37F2N3O7S/c1-2-3-4-5-6-7-8-9-10-11-12-17-15-19(40-21(17)24(36)37)23(35)30-20-13-14-32(26(38)31-20)25-27(28,29)22(34)18(16-33)39-25/h13-15,18,22,25,33-34H,2-12,16H2,1H3,(H,36,37)(H,30,31,35,38)/t18-,22-,25-/m1/s1. The van der Waals surface area contributed by atoms with Gasteiger partial charge in [-0.2, -0.15) is 13.8 Å². The number of aromatic nitrogens is 2. The number of hydrogen-bond donors (Lipinski definition) is 4. The number of thiophene rings is 1. The molecule has 0 saturated carbocycles. The summed E-state index contributed by atoms with van der Waals surface area (Å²) in [6, 6.07) is 2.62. The number of alkyl halides is 2. The molecule has 0 aliphatic carbocycles. The number of carbonyl (C=O) groups is 2. The Bertz CT molecular complexity index is 1200. The van der Waals surface area contributed by atoms with Gasteiger partial charge in [0, 0.05) is 6.20 Å². The number of aliphatic hydroxyl groups is 2. The highest BCUT2D eigenvalue weighted by Gasteiger charge is 2.59. The van der Waals surface area contributed by atoms with Crippen LogP contribution in [0.1, 0.15) is 102 Å². The molecule has 1 amide bonds. The van der Waals surface area contributed by atoms with Gasteiger partial charge in [-0.05, 0) is 30.5 Å². The Hall–Kier alpha value is -2.74. The normalized spacial score (nSPS) is 20.1. The molecule has 1 aliphatic rings. The highest BCUT2D eigenvalue weighted by atomic mass is 32.1. The number of nitrogens with one attached hydrogen (secondary N) is 1. The Labute approximate surface area is 235 Å². The minimum absolute atomic E-state index is 0.0714. The van der Waals surface area contributed by atoms with Crippen LogP contribution in [0, 0.1) is 0 Å². The summed E-state index contributed by atoms with van der Waals surface area (Å²) in [5.41, 5.74) is -0.615. The predicted octanol–water partition coefficient (Wildman–Crippen LogP) is 4.60. The monoisotopic (exact) mass is 585 g/mol. The van der Waals surface area contributed by atoms with Gasteiger partial charge in [-0.15, -0.1) is 11.3 Å². The maximum absolute atomic E-state index is 14.4. The summed E-state index contributed by atoms with van der Waals surface area (Å²) in [5, 5.41) is 30.8. The zero-order valence-electron chi connectivity index (χ0n) is 22.5. The van der Waals surface area contributed by atoms with E-state index in [2.05, 4.69) is 17.2 Å². The fourth-order valence-corrected chi connectivity index (χ4v) is 5.61. The van der Waals surface area contributed by atoms with Crippen LogP contribution in [0.2, 0.25) is 0 Å². The first-order valence-corrected chi connectivity index (χ1v) is 14.5. The molecule has 0 unspecified atom stereocenters. The topological polar surface area (TPSA) is 151 Å². The van der Waals surface area contributed by atoms with E-state index >= 15 is 0 Å². The second-order valence-corrected chi connectivity index (χ2v) is 11.0. The summed E-state index contributed by atoms with van der Waals surface area (Å²) in [6.07, 6.45) is 6.86. The highest BCUT2D eigenvalue weighted by Crippen LogP contribution is 2.42. The molecule has 1 fully saturated rings. The van der Waals surface area contributed by atoms with Crippen molar-refractivity contribution in [3.63, 3.8) is 0 Å². The van der Waals surface area contributed by atoms with E-state index in [-0.39, 0.29) is 15.6 Å². The van der Waals surface area contributed by atoms with Gasteiger partial charge in [-0.1, -0.05) is 64.7 Å². The van der Waals surface area contributed by atoms with Gasteiger partial charge in [0.2, 0.25) is 6.23 Å². The zero-order valence-corrected chi connectivity index (χ0v) is 23.3. The van der Waals surface area contributed by atoms with Gasteiger partial charge in [0.15, 0.2) is 6.10 Å². The Morgan fingerprint density at radius 1 is 1.12 bits per heavy atom. The lowest BCUT2D eigenvalue weighted by Crippen LogP contribution is -2.41. The van der Waals surface area contributed by atoms with Crippen LogP contribution >= 0.6 is 11.3 Å². The van der Waals surface area contributed by atoms with Crippen molar-refractivity contribution in [3.05, 3.63) is 44.1 Å². The Morgan fingerprint density at radius 3 is 2.30 bits per heavy atom. The lowest BCUT2D eigenvalue weighted by atomic mass is 10.0. The maximum Gasteiger partial charge on any atom is 0.351 e. The van der Waals surface area contributed by atoms with Gasteiger partial charge >= 0.3 is 17.6 Å². The summed E-state index contributed by atoms with van der Waals surface area (Å²) in [5.74, 6) is -5.91. The number of carbonyl (C=O) groups excluding carboxylic acids is 1. The summed E-state index contributed by atoms with van der Waals surface area (Å²) >= 11 is 0.813. The fraction of sp³-hybridized carbons (Fsp3) is 0.630. The third-order valence-electron chi connectivity index (χ3n) is 6.91. The van der Waals surface area contributed by atoms with Crippen molar-refractivity contribution < 1.29 is 38.4 Å². The van der Waals surface area contributed by atoms with Gasteiger partial charge in [0.1, 0.15) is 16.8 Å². The Kier molecular flexibility index (Phi) is 11.7. The Balaban J connectivity index is 1.57. The molecule has 10 nitrogen and oxygen atoms in total. The molecule has 3 rings (SSSR count). The van der Waals surface area contributed by atoms with Crippen molar-refractivity contribution in [1.82, 2.24) is 9.55 Å². The fourth-order valence-electron chi connectivity index (χ4n) is 4.67. The number of aromatic carboxylic acids is 1. The van der Waals surface area contributed by atoms with Crippen molar-refractivity contribution in [2.45, 2.75) is 102 Å². The lowest BCUT2D eigenvalue weighted by molar-refractivity contribution is -0.140. The molecule has 222 valence electrons. The molecule has 40 heavy (non-hydrogen) atoms. The number of hydrogen-bond acceptors (Lipinski definition) is 8. The van der Waals surface area contributed by atoms with Crippen LogP contribution in [-0.4, -0.2) is 61.5 Å². The number of rotatable bonds is 16. The summed E-state index contributed by atoms with van der Waals surface area (Å²) in [6.45, 7) is 1.32. The summed E-state index contributed by atoms with van der Waals surface area (Å²) in [4.78, 5) is 40.7. The van der Waals surface area contributed by atoms with Crippen LogP contribution < -0.4 is 11.0 Å². The van der Waals surface area contributed by atoms with Crippen LogP contribution in [0.25, 0.3) is 0 Å². The van der Waals surface area contributed by atoms with Crippen LogP contribution in [0.4, 0.5) is 14.6 Å². The van der Waals surface area contributed by atoms with Crippen molar-refractivity contribution in [1.29, 1.82) is 0 Å². The molecular formula is C27H37F2N3O7S. The number of nitrogens with zero attached hydrogens (tertiary/aromatic N) is 2. The minimum atomic E-state index is -3.86.